The normalized spacial score (nSPS) is 11.5. The highest BCUT2D eigenvalue weighted by Gasteiger charge is 2.13. The van der Waals surface area contributed by atoms with Crippen LogP contribution in [0.5, 0.6) is 0 Å². The molecule has 0 spiro atoms. The Morgan fingerprint density at radius 3 is 2.95 bits per heavy atom. The Balaban J connectivity index is 2.11. The van der Waals surface area contributed by atoms with Gasteiger partial charge in [0.15, 0.2) is 5.82 Å². The van der Waals surface area contributed by atoms with Crippen molar-refractivity contribution in [2.75, 3.05) is 0 Å². The molecule has 0 aliphatic rings. The minimum Gasteiger partial charge on any atom is -0.282 e. The first-order valence-corrected chi connectivity index (χ1v) is 7.28. The number of halogens is 1. The number of hydrogen-bond donors (Lipinski definition) is 0. The van der Waals surface area contributed by atoms with Crippen LogP contribution in [0.25, 0.3) is 27.1 Å². The maximum atomic E-state index is 6.05. The van der Waals surface area contributed by atoms with E-state index in [1.165, 1.54) is 4.88 Å². The van der Waals surface area contributed by atoms with Gasteiger partial charge in [-0.25, -0.2) is 9.97 Å². The number of thiophene rings is 1. The van der Waals surface area contributed by atoms with E-state index >= 15 is 0 Å². The average molecular weight is 301 g/mol. The molecule has 4 nitrogen and oxygen atoms in total. The molecule has 6 heteroatoms. The van der Waals surface area contributed by atoms with E-state index in [2.05, 4.69) is 27.9 Å². The van der Waals surface area contributed by atoms with Crippen LogP contribution in [-0.2, 0) is 0 Å². The van der Waals surface area contributed by atoms with Crippen molar-refractivity contribution in [3.05, 3.63) is 46.8 Å². The minimum absolute atomic E-state index is 0.257. The summed E-state index contributed by atoms with van der Waals surface area (Å²) in [7, 11) is 0. The van der Waals surface area contributed by atoms with Gasteiger partial charge in [-0.15, -0.1) is 11.3 Å². The fourth-order valence-electron chi connectivity index (χ4n) is 2.31. The van der Waals surface area contributed by atoms with Crippen molar-refractivity contribution in [2.45, 2.75) is 6.92 Å². The van der Waals surface area contributed by atoms with E-state index in [1.807, 2.05) is 28.8 Å². The lowest BCUT2D eigenvalue weighted by atomic mass is 10.3. The Morgan fingerprint density at radius 2 is 2.05 bits per heavy atom. The summed E-state index contributed by atoms with van der Waals surface area (Å²) in [6.07, 6.45) is 1.77. The van der Waals surface area contributed by atoms with Crippen LogP contribution in [0.3, 0.4) is 0 Å². The Kier molecular flexibility index (Phi) is 2.52. The highest BCUT2D eigenvalue weighted by Crippen LogP contribution is 2.30. The predicted molar refractivity (Wildman–Crippen MR) is 81.8 cm³/mol. The van der Waals surface area contributed by atoms with Gasteiger partial charge in [-0.3, -0.25) is 4.57 Å². The zero-order chi connectivity index (χ0) is 13.7. The first kappa shape index (κ1) is 11.8. The van der Waals surface area contributed by atoms with Crippen LogP contribution in [0.15, 0.2) is 36.7 Å². The molecule has 0 aliphatic carbocycles. The van der Waals surface area contributed by atoms with E-state index in [4.69, 9.17) is 11.6 Å². The Labute approximate surface area is 123 Å². The maximum absolute atomic E-state index is 6.05. The smallest absolute Gasteiger partial charge is 0.225 e. The lowest BCUT2D eigenvalue weighted by molar-refractivity contribution is 1.02. The standard InChI is InChI=1S/C14H9ClN4S/c1-8-6-9-12(17-14(15)18-13(9)20-8)19-7-16-10-4-2-3-5-11(10)19/h2-7H,1H3. The molecule has 0 amide bonds. The molecule has 3 aromatic heterocycles. The van der Waals surface area contributed by atoms with Crippen molar-refractivity contribution in [1.82, 2.24) is 19.5 Å². The van der Waals surface area contributed by atoms with Crippen LogP contribution in [0.1, 0.15) is 4.88 Å². The Morgan fingerprint density at radius 1 is 1.20 bits per heavy atom. The molecule has 0 saturated carbocycles. The van der Waals surface area contributed by atoms with Gasteiger partial charge in [0.05, 0.1) is 16.4 Å². The van der Waals surface area contributed by atoms with Crippen LogP contribution >= 0.6 is 22.9 Å². The Hall–Kier alpha value is -1.98. The summed E-state index contributed by atoms with van der Waals surface area (Å²) >= 11 is 7.67. The largest absolute Gasteiger partial charge is 0.282 e. The lowest BCUT2D eigenvalue weighted by Crippen LogP contribution is -1.98. The molecule has 3 heterocycles. The molecule has 0 N–H and O–H groups in total. The molecular formula is C14H9ClN4S. The van der Waals surface area contributed by atoms with Gasteiger partial charge in [0, 0.05) is 4.88 Å². The molecule has 0 atom stereocenters. The van der Waals surface area contributed by atoms with Crippen molar-refractivity contribution in [3.63, 3.8) is 0 Å². The lowest BCUT2D eigenvalue weighted by Gasteiger charge is -2.05. The van der Waals surface area contributed by atoms with Gasteiger partial charge in [-0.1, -0.05) is 12.1 Å². The van der Waals surface area contributed by atoms with Crippen molar-refractivity contribution >= 4 is 44.2 Å². The second kappa shape index (κ2) is 4.26. The number of nitrogens with zero attached hydrogens (tertiary/aromatic N) is 4. The van der Waals surface area contributed by atoms with Crippen molar-refractivity contribution < 1.29 is 0 Å². The fourth-order valence-corrected chi connectivity index (χ4v) is 3.40. The summed E-state index contributed by atoms with van der Waals surface area (Å²) in [5, 5.41) is 1.26. The van der Waals surface area contributed by atoms with E-state index in [-0.39, 0.29) is 5.28 Å². The van der Waals surface area contributed by atoms with Crippen molar-refractivity contribution in [2.24, 2.45) is 0 Å². The molecule has 0 bridgehead atoms. The number of para-hydroxylation sites is 2. The average Bonchev–Trinajstić information content (AvgIpc) is 3.00. The van der Waals surface area contributed by atoms with Crippen molar-refractivity contribution in [1.29, 1.82) is 0 Å². The fraction of sp³-hybridized carbons (Fsp3) is 0.0714. The molecule has 0 saturated heterocycles. The molecule has 98 valence electrons. The van der Waals surface area contributed by atoms with Gasteiger partial charge < -0.3 is 0 Å². The summed E-state index contributed by atoms with van der Waals surface area (Å²) in [6, 6.07) is 10.0. The third-order valence-corrected chi connectivity index (χ3v) is 4.26. The monoisotopic (exact) mass is 300 g/mol. The van der Waals surface area contributed by atoms with E-state index < -0.39 is 0 Å². The number of imidazole rings is 1. The highest BCUT2D eigenvalue weighted by molar-refractivity contribution is 7.18. The van der Waals surface area contributed by atoms with Crippen LogP contribution < -0.4 is 0 Å². The van der Waals surface area contributed by atoms with Crippen LogP contribution in [0.4, 0.5) is 0 Å². The minimum atomic E-state index is 0.257. The molecule has 20 heavy (non-hydrogen) atoms. The Bertz CT molecular complexity index is 941. The molecular weight excluding hydrogens is 292 g/mol. The molecule has 4 aromatic rings. The molecule has 1 aromatic carbocycles. The van der Waals surface area contributed by atoms with Gasteiger partial charge in [0.2, 0.25) is 5.28 Å². The molecule has 0 unspecified atom stereocenters. The SMILES string of the molecule is Cc1cc2c(-n3cnc4ccccc43)nc(Cl)nc2s1. The van der Waals surface area contributed by atoms with Gasteiger partial charge in [-0.2, -0.15) is 4.98 Å². The number of aryl methyl sites for hydroxylation is 1. The second-order valence-corrected chi connectivity index (χ2v) is 6.07. The van der Waals surface area contributed by atoms with Crippen LogP contribution in [-0.4, -0.2) is 19.5 Å². The van der Waals surface area contributed by atoms with Gasteiger partial charge in [0.1, 0.15) is 11.2 Å². The van der Waals surface area contributed by atoms with Gasteiger partial charge >= 0.3 is 0 Å². The van der Waals surface area contributed by atoms with Crippen LogP contribution in [0.2, 0.25) is 5.28 Å². The predicted octanol–water partition coefficient (Wildman–Crippen LogP) is 3.99. The van der Waals surface area contributed by atoms with E-state index in [1.54, 1.807) is 17.7 Å². The quantitative estimate of drug-likeness (QED) is 0.499. The number of fused-ring (bicyclic) bond motifs is 2. The summed E-state index contributed by atoms with van der Waals surface area (Å²) in [5.74, 6) is 0.776. The highest BCUT2D eigenvalue weighted by atomic mass is 35.5. The van der Waals surface area contributed by atoms with Gasteiger partial charge in [-0.05, 0) is 36.7 Å². The van der Waals surface area contributed by atoms with Crippen LogP contribution in [0, 0.1) is 6.92 Å². The second-order valence-electron chi connectivity index (χ2n) is 4.50. The molecule has 0 radical (unpaired) electrons. The number of aromatic nitrogens is 4. The molecule has 0 fully saturated rings. The number of benzene rings is 1. The summed E-state index contributed by atoms with van der Waals surface area (Å²) in [4.78, 5) is 15.2. The zero-order valence-corrected chi connectivity index (χ0v) is 12.1. The van der Waals surface area contributed by atoms with E-state index in [0.717, 1.165) is 27.1 Å². The summed E-state index contributed by atoms with van der Waals surface area (Å²) in [6.45, 7) is 2.05. The first-order valence-electron chi connectivity index (χ1n) is 6.08. The first-order chi connectivity index (χ1) is 9.72. The molecule has 4 rings (SSSR count). The van der Waals surface area contributed by atoms with Crippen molar-refractivity contribution in [3.8, 4) is 5.82 Å². The zero-order valence-electron chi connectivity index (χ0n) is 10.5. The third kappa shape index (κ3) is 1.71. The van der Waals surface area contributed by atoms with E-state index in [0.29, 0.717) is 0 Å². The molecule has 0 aliphatic heterocycles. The summed E-state index contributed by atoms with van der Waals surface area (Å²) < 4.78 is 1.96. The van der Waals surface area contributed by atoms with Gasteiger partial charge in [0.25, 0.3) is 0 Å². The number of hydrogen-bond acceptors (Lipinski definition) is 4. The summed E-state index contributed by atoms with van der Waals surface area (Å²) in [5.41, 5.74) is 1.94. The third-order valence-electron chi connectivity index (χ3n) is 3.15. The maximum Gasteiger partial charge on any atom is 0.225 e. The number of rotatable bonds is 1. The van der Waals surface area contributed by atoms with E-state index in [9.17, 15) is 0 Å². The topological polar surface area (TPSA) is 43.6 Å².